The average Bonchev–Trinajstić information content (AvgIpc) is 2.37. The molecular formula is C15H19NO4. The molecule has 0 unspecified atom stereocenters. The van der Waals surface area contributed by atoms with Crippen molar-refractivity contribution in [3.05, 3.63) is 35.9 Å². The van der Waals surface area contributed by atoms with Crippen molar-refractivity contribution in [3.63, 3.8) is 0 Å². The maximum Gasteiger partial charge on any atom is 0.408 e. The number of carbonyl (C=O) groups is 2. The summed E-state index contributed by atoms with van der Waals surface area (Å²) in [6, 6.07) is 8.21. The van der Waals surface area contributed by atoms with Crippen molar-refractivity contribution < 1.29 is 19.4 Å². The van der Waals surface area contributed by atoms with Crippen molar-refractivity contribution >= 4 is 12.1 Å². The zero-order valence-electron chi connectivity index (χ0n) is 11.5. The fourth-order valence-corrected chi connectivity index (χ4v) is 2.22. The summed E-state index contributed by atoms with van der Waals surface area (Å²) in [6.45, 7) is 1.86. The van der Waals surface area contributed by atoms with Crippen LogP contribution >= 0.6 is 0 Å². The van der Waals surface area contributed by atoms with E-state index in [1.54, 1.807) is 0 Å². The van der Waals surface area contributed by atoms with E-state index in [-0.39, 0.29) is 6.42 Å². The van der Waals surface area contributed by atoms with E-state index >= 15 is 0 Å². The molecule has 1 saturated carbocycles. The quantitative estimate of drug-likeness (QED) is 0.866. The molecule has 0 spiro atoms. The Kier molecular flexibility index (Phi) is 4.27. The number of carbonyl (C=O) groups excluding carboxylic acids is 1. The third kappa shape index (κ3) is 3.73. The monoisotopic (exact) mass is 277 g/mol. The zero-order valence-corrected chi connectivity index (χ0v) is 11.5. The summed E-state index contributed by atoms with van der Waals surface area (Å²) >= 11 is 0. The second-order valence-corrected chi connectivity index (χ2v) is 5.42. The minimum atomic E-state index is -1.07. The number of ether oxygens (including phenoxy) is 1. The van der Waals surface area contributed by atoms with Gasteiger partial charge in [-0.25, -0.2) is 9.59 Å². The second kappa shape index (κ2) is 5.94. The van der Waals surface area contributed by atoms with Gasteiger partial charge in [-0.1, -0.05) is 30.3 Å². The molecule has 1 aromatic rings. The highest BCUT2D eigenvalue weighted by atomic mass is 16.6. The minimum Gasteiger partial charge on any atom is -0.480 e. The van der Waals surface area contributed by atoms with Crippen LogP contribution in [0.1, 0.15) is 31.7 Å². The highest BCUT2D eigenvalue weighted by molar-refractivity contribution is 5.80. The van der Waals surface area contributed by atoms with Gasteiger partial charge in [0.05, 0.1) is 0 Å². The Morgan fingerprint density at radius 2 is 2.00 bits per heavy atom. The molecule has 5 heteroatoms. The van der Waals surface area contributed by atoms with Crippen LogP contribution in [0.4, 0.5) is 4.79 Å². The van der Waals surface area contributed by atoms with Crippen LogP contribution in [0, 0.1) is 0 Å². The van der Waals surface area contributed by atoms with Crippen molar-refractivity contribution in [3.8, 4) is 0 Å². The first-order valence-electron chi connectivity index (χ1n) is 6.75. The first-order chi connectivity index (χ1) is 9.48. The lowest BCUT2D eigenvalue weighted by Gasteiger charge is -2.37. The number of carboxylic acids is 1. The van der Waals surface area contributed by atoms with Crippen molar-refractivity contribution in [2.75, 3.05) is 0 Å². The van der Waals surface area contributed by atoms with Crippen molar-refractivity contribution in [1.82, 2.24) is 5.32 Å². The standard InChI is InChI=1S/C15H19NO4/c1-15(8-5-9-15)20-14(19)16-12(13(17)18)10-11-6-3-2-4-7-11/h2-4,6-7,12H,5,8-10H2,1H3,(H,16,19)(H,17,18)/t12-/m0/s1. The number of hydrogen-bond donors (Lipinski definition) is 2. The van der Waals surface area contributed by atoms with E-state index in [9.17, 15) is 14.7 Å². The summed E-state index contributed by atoms with van der Waals surface area (Å²) < 4.78 is 5.28. The molecule has 2 rings (SSSR count). The second-order valence-electron chi connectivity index (χ2n) is 5.42. The van der Waals surface area contributed by atoms with Crippen molar-refractivity contribution in [2.45, 2.75) is 44.2 Å². The molecule has 2 N–H and O–H groups in total. The Hall–Kier alpha value is -2.04. The summed E-state index contributed by atoms with van der Waals surface area (Å²) in [6.07, 6.45) is 2.28. The van der Waals surface area contributed by atoms with Crippen LogP contribution in [0.25, 0.3) is 0 Å². The van der Waals surface area contributed by atoms with Crippen LogP contribution in [0.2, 0.25) is 0 Å². The molecule has 0 aromatic heterocycles. The van der Waals surface area contributed by atoms with E-state index in [1.165, 1.54) is 0 Å². The summed E-state index contributed by atoms with van der Waals surface area (Å²) in [5, 5.41) is 11.6. The van der Waals surface area contributed by atoms with Crippen LogP contribution in [-0.4, -0.2) is 28.8 Å². The molecule has 1 amide bonds. The average molecular weight is 277 g/mol. The van der Waals surface area contributed by atoms with Gasteiger partial charge in [0.2, 0.25) is 0 Å². The molecule has 1 aliphatic carbocycles. The van der Waals surface area contributed by atoms with Crippen LogP contribution in [0.15, 0.2) is 30.3 Å². The zero-order chi connectivity index (χ0) is 14.6. The predicted molar refractivity (Wildman–Crippen MR) is 73.4 cm³/mol. The molecule has 20 heavy (non-hydrogen) atoms. The summed E-state index contributed by atoms with van der Waals surface area (Å²) in [7, 11) is 0. The molecule has 1 fully saturated rings. The maximum atomic E-state index is 11.8. The van der Waals surface area contributed by atoms with Gasteiger partial charge in [0.15, 0.2) is 0 Å². The molecule has 0 radical (unpaired) electrons. The normalized spacial score (nSPS) is 17.6. The van der Waals surface area contributed by atoms with Gasteiger partial charge in [-0.3, -0.25) is 0 Å². The number of alkyl carbamates (subject to hydrolysis) is 1. The Balaban J connectivity index is 1.92. The summed E-state index contributed by atoms with van der Waals surface area (Å²) in [5.74, 6) is -1.07. The Bertz CT molecular complexity index is 482. The third-order valence-electron chi connectivity index (χ3n) is 3.62. The highest BCUT2D eigenvalue weighted by Gasteiger charge is 2.36. The van der Waals surface area contributed by atoms with E-state index < -0.39 is 23.7 Å². The molecule has 0 heterocycles. The number of amides is 1. The summed E-state index contributed by atoms with van der Waals surface area (Å²) in [5.41, 5.74) is 0.426. The van der Waals surface area contributed by atoms with Crippen LogP contribution < -0.4 is 5.32 Å². The lowest BCUT2D eigenvalue weighted by atomic mass is 9.82. The molecule has 1 aromatic carbocycles. The fraction of sp³-hybridized carbons (Fsp3) is 0.467. The Morgan fingerprint density at radius 1 is 1.35 bits per heavy atom. The van der Waals surface area contributed by atoms with Gasteiger partial charge >= 0.3 is 12.1 Å². The fourth-order valence-electron chi connectivity index (χ4n) is 2.22. The Morgan fingerprint density at radius 3 is 2.50 bits per heavy atom. The van der Waals surface area contributed by atoms with E-state index in [4.69, 9.17) is 4.74 Å². The van der Waals surface area contributed by atoms with Gasteiger partial charge in [-0.05, 0) is 31.7 Å². The molecule has 1 aliphatic rings. The summed E-state index contributed by atoms with van der Waals surface area (Å²) in [4.78, 5) is 23.0. The Labute approximate surface area is 117 Å². The van der Waals surface area contributed by atoms with Crippen molar-refractivity contribution in [2.24, 2.45) is 0 Å². The number of aliphatic carboxylic acids is 1. The SMILES string of the molecule is CC1(OC(=O)N[C@@H](Cc2ccccc2)C(=O)O)CCC1. The molecule has 108 valence electrons. The molecule has 5 nitrogen and oxygen atoms in total. The number of hydrogen-bond acceptors (Lipinski definition) is 3. The van der Waals surface area contributed by atoms with Gasteiger partial charge in [0.25, 0.3) is 0 Å². The number of benzene rings is 1. The third-order valence-corrected chi connectivity index (χ3v) is 3.62. The van der Waals surface area contributed by atoms with Crippen LogP contribution in [0.3, 0.4) is 0 Å². The number of nitrogens with one attached hydrogen (secondary N) is 1. The first-order valence-corrected chi connectivity index (χ1v) is 6.75. The highest BCUT2D eigenvalue weighted by Crippen LogP contribution is 2.34. The van der Waals surface area contributed by atoms with E-state index in [0.29, 0.717) is 0 Å². The van der Waals surface area contributed by atoms with Crippen molar-refractivity contribution in [1.29, 1.82) is 0 Å². The van der Waals surface area contributed by atoms with Gasteiger partial charge in [0, 0.05) is 6.42 Å². The topological polar surface area (TPSA) is 75.6 Å². The number of carboxylic acid groups (broad SMARTS) is 1. The van der Waals surface area contributed by atoms with Crippen LogP contribution in [0.5, 0.6) is 0 Å². The van der Waals surface area contributed by atoms with Gasteiger partial charge < -0.3 is 15.2 Å². The van der Waals surface area contributed by atoms with E-state index in [0.717, 1.165) is 24.8 Å². The minimum absolute atomic E-state index is 0.238. The van der Waals surface area contributed by atoms with Gasteiger partial charge in [-0.15, -0.1) is 0 Å². The molecule has 0 saturated heterocycles. The van der Waals surface area contributed by atoms with E-state index in [1.807, 2.05) is 37.3 Å². The number of rotatable bonds is 5. The molecule has 0 bridgehead atoms. The maximum absolute atomic E-state index is 11.8. The lowest BCUT2D eigenvalue weighted by Crippen LogP contribution is -2.47. The van der Waals surface area contributed by atoms with Gasteiger partial charge in [-0.2, -0.15) is 0 Å². The molecule has 0 aliphatic heterocycles. The van der Waals surface area contributed by atoms with Gasteiger partial charge in [0.1, 0.15) is 11.6 Å². The largest absolute Gasteiger partial charge is 0.480 e. The molecule has 1 atom stereocenters. The van der Waals surface area contributed by atoms with Crippen LogP contribution in [-0.2, 0) is 16.0 Å². The predicted octanol–water partition coefficient (Wildman–Crippen LogP) is 2.35. The molecular weight excluding hydrogens is 258 g/mol. The first kappa shape index (κ1) is 14.4. The van der Waals surface area contributed by atoms with E-state index in [2.05, 4.69) is 5.32 Å². The smallest absolute Gasteiger partial charge is 0.408 e. The lowest BCUT2D eigenvalue weighted by molar-refractivity contribution is -0.139.